The van der Waals surface area contributed by atoms with E-state index in [0.717, 1.165) is 30.0 Å². The number of aromatic nitrogens is 2. The van der Waals surface area contributed by atoms with Gasteiger partial charge in [0.05, 0.1) is 11.7 Å². The van der Waals surface area contributed by atoms with Crippen LogP contribution in [0.2, 0.25) is 0 Å². The Morgan fingerprint density at radius 2 is 2.14 bits per heavy atom. The van der Waals surface area contributed by atoms with Gasteiger partial charge < -0.3 is 10.2 Å². The topological polar surface area (TPSA) is 50.2 Å². The zero-order valence-electron chi connectivity index (χ0n) is 17.3. The van der Waals surface area contributed by atoms with Crippen LogP contribution in [0.5, 0.6) is 0 Å². The molecular weight excluding hydrogens is 355 g/mol. The first-order valence-corrected chi connectivity index (χ1v) is 10.2. The largest absolute Gasteiger partial charge is 0.333 e. The van der Waals surface area contributed by atoms with Gasteiger partial charge in [0.1, 0.15) is 5.82 Å². The zero-order chi connectivity index (χ0) is 20.3. The molecule has 0 spiro atoms. The first-order valence-electron chi connectivity index (χ1n) is 10.2. The fourth-order valence-corrected chi connectivity index (χ4v) is 4.01. The van der Waals surface area contributed by atoms with Crippen LogP contribution in [0.4, 0.5) is 4.39 Å². The number of amides is 1. The fourth-order valence-electron chi connectivity index (χ4n) is 4.01. The molecule has 1 amide bonds. The Balaban J connectivity index is 1.71. The fraction of sp³-hybridized carbons (Fsp3) is 0.545. The summed E-state index contributed by atoms with van der Waals surface area (Å²) >= 11 is 0. The van der Waals surface area contributed by atoms with E-state index in [4.69, 9.17) is 0 Å². The van der Waals surface area contributed by atoms with Crippen molar-refractivity contribution >= 4 is 5.91 Å². The molecule has 1 aliphatic heterocycles. The van der Waals surface area contributed by atoms with E-state index in [-0.39, 0.29) is 17.8 Å². The van der Waals surface area contributed by atoms with Crippen LogP contribution in [-0.4, -0.2) is 40.2 Å². The van der Waals surface area contributed by atoms with E-state index in [0.29, 0.717) is 31.8 Å². The predicted octanol–water partition coefficient (Wildman–Crippen LogP) is 3.40. The molecule has 3 rings (SSSR count). The highest BCUT2D eigenvalue weighted by molar-refractivity contribution is 5.77. The van der Waals surface area contributed by atoms with Gasteiger partial charge in [-0.25, -0.2) is 4.39 Å². The molecule has 6 heteroatoms. The maximum absolute atomic E-state index is 13.7. The van der Waals surface area contributed by atoms with E-state index in [1.54, 1.807) is 6.07 Å². The Hall–Kier alpha value is -2.21. The maximum atomic E-state index is 13.7. The Morgan fingerprint density at radius 1 is 1.36 bits per heavy atom. The third kappa shape index (κ3) is 4.61. The molecule has 1 saturated heterocycles. The van der Waals surface area contributed by atoms with Crippen molar-refractivity contribution in [3.05, 3.63) is 52.6 Å². The van der Waals surface area contributed by atoms with Gasteiger partial charge in [-0.05, 0) is 49.4 Å². The number of nitrogens with one attached hydrogen (secondary N) is 1. The molecule has 1 aromatic heterocycles. The van der Waals surface area contributed by atoms with Crippen molar-refractivity contribution in [2.75, 3.05) is 19.6 Å². The quantitative estimate of drug-likeness (QED) is 0.828. The summed E-state index contributed by atoms with van der Waals surface area (Å²) in [4.78, 5) is 14.9. The monoisotopic (exact) mass is 386 g/mol. The number of rotatable bonds is 6. The normalized spacial score (nSPS) is 17.4. The Kier molecular flexibility index (Phi) is 6.50. The van der Waals surface area contributed by atoms with Crippen LogP contribution in [0.25, 0.3) is 0 Å². The number of carbonyl (C=O) groups excluding carboxylic acids is 1. The smallest absolute Gasteiger partial charge is 0.223 e. The summed E-state index contributed by atoms with van der Waals surface area (Å²) in [5.41, 5.74) is 4.18. The molecule has 0 radical (unpaired) electrons. The van der Waals surface area contributed by atoms with Gasteiger partial charge in [0.25, 0.3) is 0 Å². The first kappa shape index (κ1) is 20.5. The van der Waals surface area contributed by atoms with E-state index < -0.39 is 0 Å². The van der Waals surface area contributed by atoms with Crippen LogP contribution in [0.3, 0.4) is 0 Å². The number of carbonyl (C=O) groups is 1. The molecule has 2 heterocycles. The van der Waals surface area contributed by atoms with Gasteiger partial charge in [0.15, 0.2) is 0 Å². The predicted molar refractivity (Wildman–Crippen MR) is 109 cm³/mol. The number of nitrogens with zero attached hydrogens (tertiary/aromatic N) is 3. The number of halogens is 1. The van der Waals surface area contributed by atoms with Gasteiger partial charge in [-0.15, -0.1) is 0 Å². The highest BCUT2D eigenvalue weighted by atomic mass is 19.1. The van der Waals surface area contributed by atoms with Crippen LogP contribution in [-0.2, 0) is 17.8 Å². The van der Waals surface area contributed by atoms with Gasteiger partial charge >= 0.3 is 0 Å². The lowest BCUT2D eigenvalue weighted by molar-refractivity contribution is -0.134. The molecular formula is C22H31FN4O. The minimum atomic E-state index is -0.265. The van der Waals surface area contributed by atoms with Gasteiger partial charge in [-0.3, -0.25) is 9.48 Å². The number of hydrogen-bond donors (Lipinski definition) is 1. The second kappa shape index (κ2) is 8.86. The average Bonchev–Trinajstić information content (AvgIpc) is 2.92. The van der Waals surface area contributed by atoms with E-state index in [2.05, 4.69) is 35.9 Å². The lowest BCUT2D eigenvalue weighted by Gasteiger charge is -2.36. The maximum Gasteiger partial charge on any atom is 0.223 e. The second-order valence-electron chi connectivity index (χ2n) is 8.09. The van der Waals surface area contributed by atoms with Gasteiger partial charge in [-0.2, -0.15) is 5.10 Å². The molecule has 0 bridgehead atoms. The van der Waals surface area contributed by atoms with Crippen molar-refractivity contribution in [1.82, 2.24) is 20.0 Å². The molecule has 1 aliphatic rings. The second-order valence-corrected chi connectivity index (χ2v) is 8.09. The van der Waals surface area contributed by atoms with Crippen LogP contribution in [0, 0.1) is 25.6 Å². The highest BCUT2D eigenvalue weighted by Gasteiger charge is 2.28. The summed E-state index contributed by atoms with van der Waals surface area (Å²) in [5.74, 6) is 0.380. The molecule has 1 unspecified atom stereocenters. The summed E-state index contributed by atoms with van der Waals surface area (Å²) in [5, 5.41) is 7.97. The van der Waals surface area contributed by atoms with Gasteiger partial charge in [-0.1, -0.05) is 26.0 Å². The Bertz CT molecular complexity index is 830. The van der Waals surface area contributed by atoms with Gasteiger partial charge in [0, 0.05) is 38.3 Å². The summed E-state index contributed by atoms with van der Waals surface area (Å²) in [6, 6.07) is 6.44. The third-order valence-corrected chi connectivity index (χ3v) is 5.46. The minimum absolute atomic E-state index is 0.117. The van der Waals surface area contributed by atoms with Crippen LogP contribution < -0.4 is 5.32 Å². The average molecular weight is 387 g/mol. The molecule has 1 atom stereocenters. The molecule has 152 valence electrons. The molecule has 1 N–H and O–H groups in total. The molecule has 5 nitrogen and oxygen atoms in total. The summed E-state index contributed by atoms with van der Waals surface area (Å²) in [6.45, 7) is 11.4. The van der Waals surface area contributed by atoms with E-state index in [9.17, 15) is 9.18 Å². The minimum Gasteiger partial charge on any atom is -0.333 e. The molecule has 2 aromatic rings. The molecule has 0 aliphatic carbocycles. The van der Waals surface area contributed by atoms with E-state index >= 15 is 0 Å². The van der Waals surface area contributed by atoms with Crippen molar-refractivity contribution in [1.29, 1.82) is 0 Å². The van der Waals surface area contributed by atoms with Gasteiger partial charge in [0.2, 0.25) is 5.91 Å². The number of benzene rings is 1. The molecule has 1 fully saturated rings. The standard InChI is InChI=1S/C22H31FN4O/c1-15(2)14-27-17(4)20(16(3)25-27)8-9-22(28)26-11-10-24-13-21(26)18-6-5-7-19(23)12-18/h5-7,12,15,21,24H,8-11,13-14H2,1-4H3. The third-order valence-electron chi connectivity index (χ3n) is 5.46. The lowest BCUT2D eigenvalue weighted by Crippen LogP contribution is -2.48. The zero-order valence-corrected chi connectivity index (χ0v) is 17.3. The first-order chi connectivity index (χ1) is 13.4. The summed E-state index contributed by atoms with van der Waals surface area (Å²) in [7, 11) is 0. The van der Waals surface area contributed by atoms with Crippen molar-refractivity contribution in [2.45, 2.75) is 53.1 Å². The molecule has 1 aromatic carbocycles. The Labute approximate surface area is 166 Å². The number of piperazine rings is 1. The van der Waals surface area contributed by atoms with E-state index in [1.165, 1.54) is 17.7 Å². The summed E-state index contributed by atoms with van der Waals surface area (Å²) < 4.78 is 15.7. The number of aryl methyl sites for hydroxylation is 1. The van der Waals surface area contributed by atoms with Crippen molar-refractivity contribution in [3.63, 3.8) is 0 Å². The van der Waals surface area contributed by atoms with Crippen LogP contribution in [0.15, 0.2) is 24.3 Å². The molecule has 0 saturated carbocycles. The van der Waals surface area contributed by atoms with Crippen molar-refractivity contribution < 1.29 is 9.18 Å². The number of hydrogen-bond acceptors (Lipinski definition) is 3. The van der Waals surface area contributed by atoms with Crippen LogP contribution >= 0.6 is 0 Å². The SMILES string of the molecule is Cc1nn(CC(C)C)c(C)c1CCC(=O)N1CCNCC1c1cccc(F)c1. The Morgan fingerprint density at radius 3 is 2.86 bits per heavy atom. The van der Waals surface area contributed by atoms with E-state index in [1.807, 2.05) is 17.9 Å². The molecule has 28 heavy (non-hydrogen) atoms. The van der Waals surface area contributed by atoms with Crippen molar-refractivity contribution in [2.24, 2.45) is 5.92 Å². The van der Waals surface area contributed by atoms with Crippen molar-refractivity contribution in [3.8, 4) is 0 Å². The lowest BCUT2D eigenvalue weighted by atomic mass is 10.0. The highest BCUT2D eigenvalue weighted by Crippen LogP contribution is 2.25. The summed E-state index contributed by atoms with van der Waals surface area (Å²) in [6.07, 6.45) is 1.13. The van der Waals surface area contributed by atoms with Crippen LogP contribution in [0.1, 0.15) is 48.8 Å².